The zero-order valence-corrected chi connectivity index (χ0v) is 19.3. The molecular weight excluding hydrogens is 466 g/mol. The topological polar surface area (TPSA) is 9.23 Å². The lowest BCUT2D eigenvalue weighted by Crippen LogP contribution is -2.22. The van der Waals surface area contributed by atoms with Gasteiger partial charge in [0.25, 0.3) is 0 Å². The fraction of sp³-hybridized carbons (Fsp3) is 0.357. The van der Waals surface area contributed by atoms with Gasteiger partial charge in [-0.25, -0.2) is 17.6 Å². The van der Waals surface area contributed by atoms with Crippen LogP contribution in [0.2, 0.25) is 0 Å². The van der Waals surface area contributed by atoms with E-state index in [2.05, 4.69) is 6.92 Å². The first-order valence-corrected chi connectivity index (χ1v) is 11.7. The standard InChI is InChI=1S/C28H26F6O/c1-17-2-4-18(5-3-17)6-7-19-8-13-26(23(29)14-19)35-28(33,34)22-11-9-20(10-12-22)21-15-24(30)27(32)25(31)16-21/h8-18H,2-7H2,1H3. The van der Waals surface area contributed by atoms with E-state index in [1.807, 2.05) is 0 Å². The Balaban J connectivity index is 1.42. The minimum absolute atomic E-state index is 0.0124. The van der Waals surface area contributed by atoms with Gasteiger partial charge < -0.3 is 4.74 Å². The predicted molar refractivity (Wildman–Crippen MR) is 122 cm³/mol. The van der Waals surface area contributed by atoms with Crippen molar-refractivity contribution >= 4 is 0 Å². The second kappa shape index (κ2) is 10.3. The van der Waals surface area contributed by atoms with Gasteiger partial charge in [0, 0.05) is 0 Å². The maximum absolute atomic E-state index is 14.7. The molecule has 0 spiro atoms. The molecule has 1 aliphatic carbocycles. The molecule has 0 heterocycles. The number of rotatable bonds is 7. The van der Waals surface area contributed by atoms with Crippen LogP contribution < -0.4 is 4.74 Å². The highest BCUT2D eigenvalue weighted by molar-refractivity contribution is 5.64. The summed E-state index contributed by atoms with van der Waals surface area (Å²) in [4.78, 5) is 0. The van der Waals surface area contributed by atoms with Gasteiger partial charge in [-0.15, -0.1) is 0 Å². The molecule has 1 fully saturated rings. The van der Waals surface area contributed by atoms with E-state index < -0.39 is 40.7 Å². The van der Waals surface area contributed by atoms with Crippen LogP contribution in [0.1, 0.15) is 50.2 Å². The molecule has 35 heavy (non-hydrogen) atoms. The Kier molecular flexibility index (Phi) is 7.43. The molecule has 0 N–H and O–H groups in total. The van der Waals surface area contributed by atoms with Gasteiger partial charge in [0.2, 0.25) is 0 Å². The summed E-state index contributed by atoms with van der Waals surface area (Å²) in [5.74, 6) is -4.45. The molecule has 0 bridgehead atoms. The molecule has 186 valence electrons. The maximum atomic E-state index is 14.7. The number of hydrogen-bond donors (Lipinski definition) is 0. The summed E-state index contributed by atoms with van der Waals surface area (Å²) in [6.07, 6.45) is 2.52. The second-order valence-electron chi connectivity index (χ2n) is 9.38. The third-order valence-corrected chi connectivity index (χ3v) is 6.75. The lowest BCUT2D eigenvalue weighted by Gasteiger charge is -2.26. The van der Waals surface area contributed by atoms with E-state index in [1.165, 1.54) is 49.9 Å². The third-order valence-electron chi connectivity index (χ3n) is 6.75. The lowest BCUT2D eigenvalue weighted by atomic mass is 9.80. The molecule has 0 unspecified atom stereocenters. The third kappa shape index (κ3) is 6.00. The Labute approximate surface area is 200 Å². The largest absolute Gasteiger partial charge is 0.426 e. The summed E-state index contributed by atoms with van der Waals surface area (Å²) in [5, 5.41) is 0. The van der Waals surface area contributed by atoms with Gasteiger partial charge in [0.1, 0.15) is 0 Å². The van der Waals surface area contributed by atoms with Gasteiger partial charge in [-0.1, -0.05) is 50.8 Å². The normalized spacial score (nSPS) is 18.5. The predicted octanol–water partition coefficient (Wildman–Crippen LogP) is 8.80. The summed E-state index contributed by atoms with van der Waals surface area (Å²) in [6, 6.07) is 9.99. The Bertz CT molecular complexity index is 1140. The van der Waals surface area contributed by atoms with Crippen molar-refractivity contribution in [2.24, 2.45) is 11.8 Å². The molecule has 3 aromatic carbocycles. The van der Waals surface area contributed by atoms with Crippen LogP contribution in [-0.2, 0) is 12.5 Å². The van der Waals surface area contributed by atoms with Crippen LogP contribution in [-0.4, -0.2) is 0 Å². The molecule has 0 aromatic heterocycles. The Hall–Kier alpha value is -2.96. The molecular formula is C28H26F6O. The van der Waals surface area contributed by atoms with Crippen molar-refractivity contribution in [2.75, 3.05) is 0 Å². The fourth-order valence-corrected chi connectivity index (χ4v) is 4.55. The number of halogens is 6. The molecule has 1 aliphatic rings. The highest BCUT2D eigenvalue weighted by Crippen LogP contribution is 2.35. The van der Waals surface area contributed by atoms with Gasteiger partial charge >= 0.3 is 6.11 Å². The Morgan fingerprint density at radius 2 is 1.40 bits per heavy atom. The molecule has 1 saturated carbocycles. The molecule has 0 saturated heterocycles. The first-order chi connectivity index (χ1) is 16.6. The quantitative estimate of drug-likeness (QED) is 0.237. The summed E-state index contributed by atoms with van der Waals surface area (Å²) < 4.78 is 88.7. The summed E-state index contributed by atoms with van der Waals surface area (Å²) in [7, 11) is 0. The summed E-state index contributed by atoms with van der Waals surface area (Å²) in [5.41, 5.74) is 0.353. The van der Waals surface area contributed by atoms with Crippen LogP contribution in [0.4, 0.5) is 26.3 Å². The van der Waals surface area contributed by atoms with Crippen LogP contribution in [0.25, 0.3) is 11.1 Å². The number of benzene rings is 3. The lowest BCUT2D eigenvalue weighted by molar-refractivity contribution is -0.186. The number of ether oxygens (including phenoxy) is 1. The first kappa shape index (κ1) is 25.1. The zero-order valence-electron chi connectivity index (χ0n) is 19.3. The molecule has 1 nitrogen and oxygen atoms in total. The number of hydrogen-bond acceptors (Lipinski definition) is 1. The van der Waals surface area contributed by atoms with E-state index in [9.17, 15) is 26.3 Å². The molecule has 0 amide bonds. The zero-order chi connectivity index (χ0) is 25.2. The highest BCUT2D eigenvalue weighted by atomic mass is 19.3. The van der Waals surface area contributed by atoms with Crippen LogP contribution >= 0.6 is 0 Å². The SMILES string of the molecule is CC1CCC(CCc2ccc(OC(F)(F)c3ccc(-c4cc(F)c(F)c(F)c4)cc3)c(F)c2)CC1. The molecule has 4 rings (SSSR count). The van der Waals surface area contributed by atoms with E-state index in [4.69, 9.17) is 4.74 Å². The van der Waals surface area contributed by atoms with Crippen molar-refractivity contribution in [3.05, 3.63) is 89.0 Å². The van der Waals surface area contributed by atoms with Gasteiger partial charge in [-0.3, -0.25) is 0 Å². The van der Waals surface area contributed by atoms with E-state index in [1.54, 1.807) is 6.07 Å². The number of aryl methyl sites for hydroxylation is 1. The Morgan fingerprint density at radius 1 is 0.771 bits per heavy atom. The van der Waals surface area contributed by atoms with Crippen LogP contribution in [0, 0.1) is 35.1 Å². The van der Waals surface area contributed by atoms with Crippen molar-refractivity contribution in [2.45, 2.75) is 51.6 Å². The summed E-state index contributed by atoms with van der Waals surface area (Å²) in [6.45, 7) is 2.25. The smallest absolute Gasteiger partial charge is 0.426 e. The van der Waals surface area contributed by atoms with E-state index in [0.29, 0.717) is 12.3 Å². The van der Waals surface area contributed by atoms with Gasteiger partial charge in [0.05, 0.1) is 5.56 Å². The highest BCUT2D eigenvalue weighted by Gasteiger charge is 2.35. The Morgan fingerprint density at radius 3 is 2.00 bits per heavy atom. The second-order valence-corrected chi connectivity index (χ2v) is 9.38. The van der Waals surface area contributed by atoms with E-state index >= 15 is 0 Å². The van der Waals surface area contributed by atoms with Crippen molar-refractivity contribution in [3.8, 4) is 16.9 Å². The summed E-state index contributed by atoms with van der Waals surface area (Å²) >= 11 is 0. The average Bonchev–Trinajstić information content (AvgIpc) is 2.83. The molecule has 0 radical (unpaired) electrons. The minimum atomic E-state index is -3.85. The van der Waals surface area contributed by atoms with Crippen molar-refractivity contribution in [1.29, 1.82) is 0 Å². The molecule has 0 aliphatic heterocycles. The monoisotopic (exact) mass is 492 g/mol. The van der Waals surface area contributed by atoms with Crippen LogP contribution in [0.15, 0.2) is 54.6 Å². The first-order valence-electron chi connectivity index (χ1n) is 11.7. The van der Waals surface area contributed by atoms with Gasteiger partial charge in [-0.2, -0.15) is 8.78 Å². The average molecular weight is 493 g/mol. The van der Waals surface area contributed by atoms with Crippen LogP contribution in [0.5, 0.6) is 5.75 Å². The number of alkyl halides is 2. The van der Waals surface area contributed by atoms with Crippen LogP contribution in [0.3, 0.4) is 0 Å². The van der Waals surface area contributed by atoms with Crippen molar-refractivity contribution in [3.63, 3.8) is 0 Å². The molecule has 3 aromatic rings. The minimum Gasteiger partial charge on any atom is -0.426 e. The van der Waals surface area contributed by atoms with Crippen molar-refractivity contribution < 1.29 is 31.1 Å². The van der Waals surface area contributed by atoms with Crippen molar-refractivity contribution in [1.82, 2.24) is 0 Å². The van der Waals surface area contributed by atoms with Gasteiger partial charge in [-0.05, 0) is 77.8 Å². The van der Waals surface area contributed by atoms with E-state index in [0.717, 1.165) is 42.2 Å². The maximum Gasteiger partial charge on any atom is 0.426 e. The molecule has 0 atom stereocenters. The molecule has 7 heteroatoms. The fourth-order valence-electron chi connectivity index (χ4n) is 4.55. The van der Waals surface area contributed by atoms with E-state index in [-0.39, 0.29) is 11.1 Å². The van der Waals surface area contributed by atoms with Gasteiger partial charge in [0.15, 0.2) is 29.0 Å².